The molecule has 3 atom stereocenters. The molecule has 2 aliphatic heterocycles. The summed E-state index contributed by atoms with van der Waals surface area (Å²) >= 11 is 3.48. The highest BCUT2D eigenvalue weighted by Crippen LogP contribution is 2.33. The quantitative estimate of drug-likeness (QED) is 0.785. The zero-order valence-corrected chi connectivity index (χ0v) is 15.1. The highest BCUT2D eigenvalue weighted by atomic mass is 79.9. The molecule has 0 saturated carbocycles. The number of halogens is 1. The second-order valence-electron chi connectivity index (χ2n) is 6.96. The van der Waals surface area contributed by atoms with E-state index in [-0.39, 0.29) is 18.1 Å². The van der Waals surface area contributed by atoms with Crippen LogP contribution in [0.25, 0.3) is 0 Å². The summed E-state index contributed by atoms with van der Waals surface area (Å²) in [6, 6.07) is 5.98. The number of aryl methyl sites for hydroxylation is 1. The molecular weight excluding hydrogens is 374 g/mol. The lowest BCUT2D eigenvalue weighted by molar-refractivity contribution is -0.178. The third-order valence-electron chi connectivity index (χ3n) is 5.45. The van der Waals surface area contributed by atoms with Crippen LogP contribution in [0.2, 0.25) is 0 Å². The van der Waals surface area contributed by atoms with Crippen LogP contribution in [0.15, 0.2) is 22.7 Å². The van der Waals surface area contributed by atoms with Crippen molar-refractivity contribution in [1.82, 2.24) is 4.90 Å². The number of amides is 1. The monoisotopic (exact) mass is 395 g/mol. The van der Waals surface area contributed by atoms with Crippen molar-refractivity contribution in [1.29, 1.82) is 0 Å². The topological polar surface area (TPSA) is 59.0 Å². The fourth-order valence-corrected chi connectivity index (χ4v) is 4.51. The van der Waals surface area contributed by atoms with Crippen molar-refractivity contribution in [3.63, 3.8) is 0 Å². The number of carbonyl (C=O) groups excluding carboxylic acids is 1. The van der Waals surface area contributed by atoms with Gasteiger partial charge in [-0.1, -0.05) is 22.0 Å². The zero-order chi connectivity index (χ0) is 16.7. The van der Waals surface area contributed by atoms with E-state index in [2.05, 4.69) is 22.0 Å². The molecule has 0 aromatic heterocycles. The van der Waals surface area contributed by atoms with Gasteiger partial charge in [0.1, 0.15) is 5.60 Å². The first-order valence-corrected chi connectivity index (χ1v) is 9.36. The van der Waals surface area contributed by atoms with E-state index in [0.717, 1.165) is 16.5 Å². The number of ether oxygens (including phenoxy) is 2. The van der Waals surface area contributed by atoms with Crippen molar-refractivity contribution in [3.05, 3.63) is 33.8 Å². The van der Waals surface area contributed by atoms with Crippen molar-refractivity contribution < 1.29 is 19.4 Å². The standard InChI is InChI=1S/C18H22BrNO4/c19-14-2-1-13-10-18(22,5-3-12(13)9-14)17(21)20-6-8-24-16-4-7-23-11-15(16)20/h1-2,9,15-16,22H,3-8,10-11H2. The smallest absolute Gasteiger partial charge is 0.255 e. The molecule has 1 aromatic rings. The van der Waals surface area contributed by atoms with Gasteiger partial charge in [0.25, 0.3) is 5.91 Å². The van der Waals surface area contributed by atoms with Crippen LogP contribution in [0, 0.1) is 0 Å². The molecular formula is C18H22BrNO4. The van der Waals surface area contributed by atoms with Gasteiger partial charge in [-0.3, -0.25) is 4.79 Å². The fraction of sp³-hybridized carbons (Fsp3) is 0.611. The number of fused-ring (bicyclic) bond motifs is 2. The van der Waals surface area contributed by atoms with Crippen LogP contribution in [0.5, 0.6) is 0 Å². The average Bonchev–Trinajstić information content (AvgIpc) is 2.61. The molecule has 1 aliphatic carbocycles. The molecule has 0 bridgehead atoms. The van der Waals surface area contributed by atoms with Crippen molar-refractivity contribution in [3.8, 4) is 0 Å². The van der Waals surface area contributed by atoms with Gasteiger partial charge < -0.3 is 19.5 Å². The molecule has 3 aliphatic rings. The second kappa shape index (κ2) is 6.41. The normalized spacial score (nSPS) is 32.8. The first kappa shape index (κ1) is 16.5. The molecule has 3 unspecified atom stereocenters. The van der Waals surface area contributed by atoms with E-state index in [1.807, 2.05) is 12.1 Å². The lowest BCUT2D eigenvalue weighted by Crippen LogP contribution is -2.63. The van der Waals surface area contributed by atoms with E-state index in [1.165, 1.54) is 5.56 Å². The Morgan fingerprint density at radius 1 is 1.33 bits per heavy atom. The Balaban J connectivity index is 1.56. The number of carbonyl (C=O) groups is 1. The molecule has 1 amide bonds. The van der Waals surface area contributed by atoms with E-state index in [9.17, 15) is 9.90 Å². The first-order chi connectivity index (χ1) is 11.6. The van der Waals surface area contributed by atoms with Crippen LogP contribution >= 0.6 is 15.9 Å². The minimum atomic E-state index is -1.32. The minimum Gasteiger partial charge on any atom is -0.380 e. The number of benzene rings is 1. The summed E-state index contributed by atoms with van der Waals surface area (Å²) in [6.07, 6.45) is 2.40. The Morgan fingerprint density at radius 2 is 2.21 bits per heavy atom. The number of hydrogen-bond donors (Lipinski definition) is 1. The third kappa shape index (κ3) is 2.90. The highest BCUT2D eigenvalue weighted by Gasteiger charge is 2.46. The molecule has 6 heteroatoms. The Bertz CT molecular complexity index is 650. The van der Waals surface area contributed by atoms with Crippen molar-refractivity contribution in [2.75, 3.05) is 26.4 Å². The van der Waals surface area contributed by atoms with E-state index in [1.54, 1.807) is 4.90 Å². The SMILES string of the molecule is O=C(N1CCOC2CCOCC21)C1(O)CCc2cc(Br)ccc2C1. The van der Waals surface area contributed by atoms with Gasteiger partial charge in [0.05, 0.1) is 25.4 Å². The van der Waals surface area contributed by atoms with E-state index in [0.29, 0.717) is 45.6 Å². The Hall–Kier alpha value is -0.950. The van der Waals surface area contributed by atoms with E-state index < -0.39 is 5.60 Å². The highest BCUT2D eigenvalue weighted by molar-refractivity contribution is 9.10. The molecule has 2 saturated heterocycles. The van der Waals surface area contributed by atoms with Crippen molar-refractivity contribution in [2.24, 2.45) is 0 Å². The van der Waals surface area contributed by atoms with Gasteiger partial charge in [0.2, 0.25) is 0 Å². The number of hydrogen-bond acceptors (Lipinski definition) is 4. The number of aliphatic hydroxyl groups is 1. The largest absolute Gasteiger partial charge is 0.380 e. The van der Waals surface area contributed by atoms with Gasteiger partial charge in [-0.05, 0) is 42.5 Å². The average molecular weight is 396 g/mol. The summed E-state index contributed by atoms with van der Waals surface area (Å²) in [7, 11) is 0. The number of nitrogens with zero attached hydrogens (tertiary/aromatic N) is 1. The lowest BCUT2D eigenvalue weighted by Gasteiger charge is -2.46. The molecule has 0 spiro atoms. The summed E-state index contributed by atoms with van der Waals surface area (Å²) in [5.74, 6) is -0.167. The van der Waals surface area contributed by atoms with Gasteiger partial charge in [-0.15, -0.1) is 0 Å². The lowest BCUT2D eigenvalue weighted by atomic mass is 9.79. The number of rotatable bonds is 1. The molecule has 2 fully saturated rings. The van der Waals surface area contributed by atoms with Crippen LogP contribution in [0.3, 0.4) is 0 Å². The maximum Gasteiger partial charge on any atom is 0.255 e. The Morgan fingerprint density at radius 3 is 3.08 bits per heavy atom. The first-order valence-electron chi connectivity index (χ1n) is 8.57. The van der Waals surface area contributed by atoms with Gasteiger partial charge in [-0.25, -0.2) is 0 Å². The predicted molar refractivity (Wildman–Crippen MR) is 91.8 cm³/mol. The van der Waals surface area contributed by atoms with Crippen molar-refractivity contribution in [2.45, 2.75) is 43.4 Å². The zero-order valence-electron chi connectivity index (χ0n) is 13.5. The van der Waals surface area contributed by atoms with Gasteiger partial charge in [-0.2, -0.15) is 0 Å². The summed E-state index contributed by atoms with van der Waals surface area (Å²) in [6.45, 7) is 2.23. The fourth-order valence-electron chi connectivity index (χ4n) is 4.10. The Labute approximate surface area is 150 Å². The molecule has 0 radical (unpaired) electrons. The summed E-state index contributed by atoms with van der Waals surface area (Å²) < 4.78 is 12.4. The predicted octanol–water partition coefficient (Wildman–Crippen LogP) is 1.69. The van der Waals surface area contributed by atoms with Crippen LogP contribution < -0.4 is 0 Å². The molecule has 24 heavy (non-hydrogen) atoms. The van der Waals surface area contributed by atoms with Crippen LogP contribution in [-0.4, -0.2) is 60.0 Å². The molecule has 4 rings (SSSR count). The summed E-state index contributed by atoms with van der Waals surface area (Å²) in [5, 5.41) is 11.1. The van der Waals surface area contributed by atoms with Crippen molar-refractivity contribution >= 4 is 21.8 Å². The van der Waals surface area contributed by atoms with Crippen LogP contribution in [-0.2, 0) is 27.1 Å². The molecule has 1 aromatic carbocycles. The van der Waals surface area contributed by atoms with Crippen LogP contribution in [0.1, 0.15) is 24.0 Å². The van der Waals surface area contributed by atoms with Crippen LogP contribution in [0.4, 0.5) is 0 Å². The van der Waals surface area contributed by atoms with E-state index in [4.69, 9.17) is 9.47 Å². The molecule has 1 N–H and O–H groups in total. The van der Waals surface area contributed by atoms with Gasteiger partial charge >= 0.3 is 0 Å². The van der Waals surface area contributed by atoms with Gasteiger partial charge in [0.15, 0.2) is 0 Å². The number of morpholine rings is 1. The minimum absolute atomic E-state index is 0.0342. The van der Waals surface area contributed by atoms with E-state index >= 15 is 0 Å². The molecule has 5 nitrogen and oxygen atoms in total. The Kier molecular flexibility index (Phi) is 4.41. The molecule has 130 valence electrons. The summed E-state index contributed by atoms with van der Waals surface area (Å²) in [5.41, 5.74) is 0.952. The second-order valence-corrected chi connectivity index (χ2v) is 7.88. The summed E-state index contributed by atoms with van der Waals surface area (Å²) in [4.78, 5) is 15.0. The van der Waals surface area contributed by atoms with Gasteiger partial charge in [0, 0.05) is 24.0 Å². The maximum atomic E-state index is 13.2. The third-order valence-corrected chi connectivity index (χ3v) is 5.94. The maximum absolute atomic E-state index is 13.2. The molecule has 2 heterocycles.